The molecule has 0 spiro atoms. The first-order valence-corrected chi connectivity index (χ1v) is 22.8. The third-order valence-electron chi connectivity index (χ3n) is 14.6. The van der Waals surface area contributed by atoms with Crippen molar-refractivity contribution in [2.45, 2.75) is 97.0 Å². The number of aromatic nitrogens is 1. The lowest BCUT2D eigenvalue weighted by atomic mass is 9.69. The summed E-state index contributed by atoms with van der Waals surface area (Å²) in [6.45, 7) is 15.9. The van der Waals surface area contributed by atoms with Crippen molar-refractivity contribution < 1.29 is 58.5 Å². The highest BCUT2D eigenvalue weighted by atomic mass is 16.7. The number of Topliss-reactive ketones (excluding diaryl/α,β-unsaturated/α-hetero) is 1. The molecule has 1 amide bonds. The molecule has 0 aromatic carbocycles. The van der Waals surface area contributed by atoms with Crippen molar-refractivity contribution in [2.75, 3.05) is 51.4 Å². The van der Waals surface area contributed by atoms with E-state index in [-0.39, 0.29) is 57.1 Å². The highest BCUT2D eigenvalue weighted by molar-refractivity contribution is 6.05. The molecule has 356 valence electrons. The predicted octanol–water partition coefficient (Wildman–Crippen LogP) is 4.21. The summed E-state index contributed by atoms with van der Waals surface area (Å²) in [7, 11) is 1.45. The topological polar surface area (TPSA) is 234 Å². The smallest absolute Gasteiger partial charge is 0.306 e. The van der Waals surface area contributed by atoms with Crippen molar-refractivity contribution in [1.82, 2.24) is 15.2 Å². The fourth-order valence-corrected chi connectivity index (χ4v) is 10.1. The van der Waals surface area contributed by atoms with Crippen LogP contribution >= 0.6 is 0 Å². The molecule has 0 aromatic heterocycles. The SMILES string of the molecule is CO[C@H]1/C=C/O[C@@]2(C)OC3=C(C)C(=O)C4C(O)=C(NC(=O)/C(C)=C\C=C\[C@H](C)[C@H](O)[C@@H](C)[C@@H](O)[C@@H](C)[C@H](O)[C@@H]1C)c1oc5cc(N6CC(N7CCCOCC7)C6)cc(=O)c-5nc1C4C3=C2O. The molecule has 17 nitrogen and oxygen atoms in total. The molecule has 11 atom stereocenters. The van der Waals surface area contributed by atoms with Gasteiger partial charge >= 0.3 is 5.79 Å². The predicted molar refractivity (Wildman–Crippen MR) is 242 cm³/mol. The number of carbonyl (C=O) groups excluding carboxylic acids is 2. The van der Waals surface area contributed by atoms with Gasteiger partial charge in [0.1, 0.15) is 17.2 Å². The third-order valence-corrected chi connectivity index (χ3v) is 14.6. The summed E-state index contributed by atoms with van der Waals surface area (Å²) in [5.74, 6) is -9.43. The Bertz CT molecular complexity index is 2460. The van der Waals surface area contributed by atoms with Gasteiger partial charge in [-0.2, -0.15) is 0 Å². The number of aliphatic hydroxyl groups is 5. The molecule has 5 heterocycles. The average Bonchev–Trinajstić information content (AvgIpc) is 3.40. The maximum atomic E-state index is 14.5. The van der Waals surface area contributed by atoms with Gasteiger partial charge in [-0.25, -0.2) is 4.98 Å². The maximum absolute atomic E-state index is 14.5. The van der Waals surface area contributed by atoms with Crippen molar-refractivity contribution >= 4 is 23.1 Å². The Balaban J connectivity index is 1.24. The van der Waals surface area contributed by atoms with E-state index in [9.17, 15) is 39.9 Å². The van der Waals surface area contributed by atoms with Crippen LogP contribution in [0.2, 0.25) is 0 Å². The number of methoxy groups -OCH3 is 1. The number of fused-ring (bicyclic) bond motifs is 2. The number of benzene rings is 1. The van der Waals surface area contributed by atoms with Gasteiger partial charge in [-0.3, -0.25) is 19.3 Å². The average molecular weight is 915 g/mol. The zero-order valence-electron chi connectivity index (χ0n) is 38.7. The number of nitrogens with zero attached hydrogens (tertiary/aromatic N) is 3. The first kappa shape index (κ1) is 47.2. The molecule has 2 fully saturated rings. The van der Waals surface area contributed by atoms with E-state index >= 15 is 0 Å². The number of carbonyl (C=O) groups is 2. The van der Waals surface area contributed by atoms with Crippen molar-refractivity contribution in [2.24, 2.45) is 29.6 Å². The third kappa shape index (κ3) is 8.27. The van der Waals surface area contributed by atoms with Crippen LogP contribution in [0.25, 0.3) is 17.2 Å². The molecule has 5 aliphatic heterocycles. The highest BCUT2D eigenvalue weighted by Crippen LogP contribution is 2.56. The largest absolute Gasteiger partial charge is 0.509 e. The van der Waals surface area contributed by atoms with Crippen LogP contribution < -0.4 is 15.6 Å². The van der Waals surface area contributed by atoms with Crippen LogP contribution in [0.5, 0.6) is 0 Å². The minimum atomic E-state index is -1.93. The molecule has 2 saturated heterocycles. The van der Waals surface area contributed by atoms with Crippen molar-refractivity contribution in [3.63, 3.8) is 0 Å². The summed E-state index contributed by atoms with van der Waals surface area (Å²) in [6.07, 6.45) is 4.52. The normalized spacial score (nSPS) is 35.9. The summed E-state index contributed by atoms with van der Waals surface area (Å²) >= 11 is 0. The molecule has 6 N–H and O–H groups in total. The monoisotopic (exact) mass is 914 g/mol. The van der Waals surface area contributed by atoms with Gasteiger partial charge in [-0.05, 0) is 26.3 Å². The quantitative estimate of drug-likeness (QED) is 0.253. The minimum Gasteiger partial charge on any atom is -0.509 e. The summed E-state index contributed by atoms with van der Waals surface area (Å²) in [4.78, 5) is 51.8. The standard InChI is InChI=1S/C49H62N4O13/c1-23-11-9-12-24(2)48(61)51-39-44(59)35-34(38-46(39)65-33-20-29(19-31(54)37(33)50-38)53-21-30(22-53)52-14-10-16-63-18-15-52)36-45(28(6)43(35)58)66-49(7,47(36)60)64-17-13-32(62-8)25(3)41(56)27(5)42(57)26(4)40(23)55/h9,11-13,17,19-20,23,25-27,30,32,34-35,40-42,55-57,59-60H,10,14-16,18,21-22H2,1-8H3,(H,51,61)/b11-9+,17-13+,24-12-/t23-,25+,26+,27-,32-,34?,35?,40-,41+,42+,49-/m0/s1. The molecule has 3 aliphatic carbocycles. The van der Waals surface area contributed by atoms with Crippen LogP contribution in [0, 0.1) is 29.6 Å². The molecule has 17 heteroatoms. The first-order chi connectivity index (χ1) is 31.4. The first-order valence-electron chi connectivity index (χ1n) is 22.8. The zero-order valence-corrected chi connectivity index (χ0v) is 38.7. The van der Waals surface area contributed by atoms with E-state index in [1.165, 1.54) is 45.4 Å². The number of hydrogen-bond donors (Lipinski definition) is 6. The summed E-state index contributed by atoms with van der Waals surface area (Å²) in [5, 5.41) is 61.3. The Hall–Kier alpha value is -5.30. The molecular weight excluding hydrogens is 853 g/mol. The number of amides is 1. The Morgan fingerprint density at radius 3 is 2.35 bits per heavy atom. The number of ketones is 1. The van der Waals surface area contributed by atoms with E-state index in [1.807, 2.05) is 0 Å². The summed E-state index contributed by atoms with van der Waals surface area (Å²) in [5.41, 5.74) is 0.152. The van der Waals surface area contributed by atoms with E-state index < -0.39 is 94.3 Å². The van der Waals surface area contributed by atoms with Crippen molar-refractivity contribution in [3.8, 4) is 11.5 Å². The maximum Gasteiger partial charge on any atom is 0.306 e. The number of nitrogens with one attached hydrogen (secondary N) is 1. The van der Waals surface area contributed by atoms with Gasteiger partial charge in [0.25, 0.3) is 5.91 Å². The Kier molecular flexibility index (Phi) is 13.2. The van der Waals surface area contributed by atoms with E-state index in [2.05, 4.69) is 15.1 Å². The van der Waals surface area contributed by atoms with Gasteiger partial charge in [0.2, 0.25) is 5.43 Å². The molecule has 8 aliphatic rings. The number of hydrogen-bond acceptors (Lipinski definition) is 16. The zero-order chi connectivity index (χ0) is 47.5. The second-order valence-corrected chi connectivity index (χ2v) is 18.9. The van der Waals surface area contributed by atoms with Gasteiger partial charge < -0.3 is 59.1 Å². The Morgan fingerprint density at radius 2 is 1.62 bits per heavy atom. The minimum absolute atomic E-state index is 0.00683. The van der Waals surface area contributed by atoms with Crippen LogP contribution in [0.4, 0.5) is 5.69 Å². The van der Waals surface area contributed by atoms with E-state index in [0.29, 0.717) is 25.4 Å². The molecule has 0 aromatic rings. The molecule has 0 radical (unpaired) electrons. The number of ether oxygens (including phenoxy) is 4. The molecular formula is C49H62N4O13. The number of aliphatic hydroxyl groups excluding tert-OH is 5. The van der Waals surface area contributed by atoms with Gasteiger partial charge in [0, 0.05) is 105 Å². The Morgan fingerprint density at radius 1 is 0.909 bits per heavy atom. The second kappa shape index (κ2) is 18.4. The van der Waals surface area contributed by atoms with Crippen LogP contribution in [0.3, 0.4) is 0 Å². The lowest BCUT2D eigenvalue weighted by Gasteiger charge is -2.46. The van der Waals surface area contributed by atoms with Crippen LogP contribution in [0.15, 0.2) is 85.9 Å². The lowest BCUT2D eigenvalue weighted by molar-refractivity contribution is -0.146. The van der Waals surface area contributed by atoms with Gasteiger partial charge in [-0.1, -0.05) is 45.9 Å². The summed E-state index contributed by atoms with van der Waals surface area (Å²) < 4.78 is 30.3. The molecule has 2 unspecified atom stereocenters. The molecule has 8 rings (SSSR count). The van der Waals surface area contributed by atoms with Crippen molar-refractivity contribution in [1.29, 1.82) is 0 Å². The lowest BCUT2D eigenvalue weighted by Crippen LogP contribution is -2.60. The fourth-order valence-electron chi connectivity index (χ4n) is 10.1. The van der Waals surface area contributed by atoms with E-state index in [1.54, 1.807) is 52.8 Å². The van der Waals surface area contributed by atoms with Gasteiger partial charge in [-0.15, -0.1) is 0 Å². The van der Waals surface area contributed by atoms with E-state index in [4.69, 9.17) is 28.3 Å². The van der Waals surface area contributed by atoms with Crippen molar-refractivity contribution in [3.05, 3.63) is 98.4 Å². The fraction of sp³-hybridized carbons (Fsp3) is 0.551. The van der Waals surface area contributed by atoms with Gasteiger partial charge in [0.05, 0.1) is 60.4 Å². The van der Waals surface area contributed by atoms with E-state index in [0.717, 1.165) is 26.1 Å². The van der Waals surface area contributed by atoms with Crippen LogP contribution in [0.1, 0.15) is 72.3 Å². The van der Waals surface area contributed by atoms with Crippen LogP contribution in [-0.2, 0) is 28.5 Å². The Labute approximate surface area is 383 Å². The molecule has 66 heavy (non-hydrogen) atoms. The van der Waals surface area contributed by atoms with Crippen LogP contribution in [-0.4, -0.2) is 130 Å². The summed E-state index contributed by atoms with van der Waals surface area (Å²) in [6, 6.07) is 3.47. The number of anilines is 1. The van der Waals surface area contributed by atoms with Gasteiger partial charge in [0.15, 0.2) is 28.8 Å². The highest BCUT2D eigenvalue weighted by Gasteiger charge is 2.58. The number of allylic oxidation sites excluding steroid dienone is 5. The molecule has 4 bridgehead atoms. The molecule has 0 saturated carbocycles. The number of rotatable bonds is 3. The second-order valence-electron chi connectivity index (χ2n) is 18.9.